The van der Waals surface area contributed by atoms with E-state index in [0.29, 0.717) is 46.0 Å². The normalized spacial score (nSPS) is 15.3. The molecule has 49 heavy (non-hydrogen) atoms. The van der Waals surface area contributed by atoms with Crippen molar-refractivity contribution in [3.05, 3.63) is 80.8 Å². The number of aromatic amines is 1. The molecule has 1 saturated heterocycles. The smallest absolute Gasteiger partial charge is 0.475 e. The highest BCUT2D eigenvalue weighted by molar-refractivity contribution is 6.13. The van der Waals surface area contributed by atoms with E-state index in [1.165, 1.54) is 29.7 Å². The number of rotatable bonds is 7. The Morgan fingerprint density at radius 2 is 1.71 bits per heavy atom. The molecule has 15 nitrogen and oxygen atoms in total. The van der Waals surface area contributed by atoms with Gasteiger partial charge in [0.05, 0.1) is 24.0 Å². The molecule has 5 aromatic rings. The zero-order valence-electron chi connectivity index (χ0n) is 26.5. The summed E-state index contributed by atoms with van der Waals surface area (Å²) >= 11 is 0. The van der Waals surface area contributed by atoms with E-state index in [4.69, 9.17) is 9.90 Å². The second kappa shape index (κ2) is 13.2. The number of piperidine rings is 1. The first kappa shape index (κ1) is 33.4. The molecular weight excluding hydrogens is 649 g/mol. The number of fused-ring (bicyclic) bond motifs is 2. The van der Waals surface area contributed by atoms with Gasteiger partial charge < -0.3 is 25.0 Å². The Morgan fingerprint density at radius 1 is 1.02 bits per heavy atom. The number of nitrogens with zero attached hydrogens (tertiary/aromatic N) is 7. The van der Waals surface area contributed by atoms with Crippen LogP contribution < -0.4 is 26.8 Å². The van der Waals surface area contributed by atoms with Crippen molar-refractivity contribution < 1.29 is 27.9 Å². The summed E-state index contributed by atoms with van der Waals surface area (Å²) in [6, 6.07) is 6.42. The number of aliphatic carboxylic acids is 1. The van der Waals surface area contributed by atoms with Gasteiger partial charge in [0.25, 0.3) is 11.5 Å². The van der Waals surface area contributed by atoms with E-state index in [2.05, 4.69) is 35.6 Å². The zero-order valence-corrected chi connectivity index (χ0v) is 26.5. The van der Waals surface area contributed by atoms with Crippen molar-refractivity contribution >= 4 is 39.9 Å². The Kier molecular flexibility index (Phi) is 8.98. The van der Waals surface area contributed by atoms with Gasteiger partial charge in [0.1, 0.15) is 11.2 Å². The first-order chi connectivity index (χ1) is 23.2. The van der Waals surface area contributed by atoms with E-state index in [9.17, 15) is 27.6 Å². The fraction of sp³-hybridized carbons (Fsp3) is 0.387. The Bertz CT molecular complexity index is 2160. The Balaban J connectivity index is 0.000000540. The lowest BCUT2D eigenvalue weighted by Crippen LogP contribution is -2.43. The molecule has 0 bridgehead atoms. The lowest BCUT2D eigenvalue weighted by molar-refractivity contribution is -0.192. The quantitative estimate of drug-likeness (QED) is 0.199. The van der Waals surface area contributed by atoms with Gasteiger partial charge in [-0.2, -0.15) is 18.3 Å². The summed E-state index contributed by atoms with van der Waals surface area (Å²) in [6.07, 6.45) is 6.61. The topological polar surface area (TPSA) is 185 Å². The highest BCUT2D eigenvalue weighted by atomic mass is 19.4. The van der Waals surface area contributed by atoms with Crippen molar-refractivity contribution in [3.63, 3.8) is 0 Å². The molecule has 2 fully saturated rings. The van der Waals surface area contributed by atoms with Crippen molar-refractivity contribution in [2.45, 2.75) is 57.4 Å². The van der Waals surface area contributed by atoms with Gasteiger partial charge in [0, 0.05) is 68.0 Å². The van der Waals surface area contributed by atoms with Crippen LogP contribution in [-0.4, -0.2) is 82.0 Å². The lowest BCUT2D eigenvalue weighted by Gasteiger charge is -2.34. The molecule has 0 radical (unpaired) electrons. The monoisotopic (exact) mass is 682 g/mol. The van der Waals surface area contributed by atoms with Crippen molar-refractivity contribution in [3.8, 4) is 0 Å². The molecule has 1 amide bonds. The van der Waals surface area contributed by atoms with Crippen LogP contribution in [0.15, 0.2) is 52.6 Å². The summed E-state index contributed by atoms with van der Waals surface area (Å²) in [7, 11) is 1.87. The number of carbonyl (C=O) groups excluding carboxylic acids is 1. The predicted molar refractivity (Wildman–Crippen MR) is 172 cm³/mol. The summed E-state index contributed by atoms with van der Waals surface area (Å²) < 4.78 is 36.6. The number of halogens is 3. The second-order valence-corrected chi connectivity index (χ2v) is 12.1. The third kappa shape index (κ3) is 7.64. The van der Waals surface area contributed by atoms with Crippen LogP contribution in [0.2, 0.25) is 0 Å². The van der Waals surface area contributed by atoms with Gasteiger partial charge in [-0.25, -0.2) is 14.6 Å². The van der Waals surface area contributed by atoms with Gasteiger partial charge in [0.2, 0.25) is 0 Å². The number of alkyl halides is 3. The van der Waals surface area contributed by atoms with Crippen molar-refractivity contribution in [1.29, 1.82) is 0 Å². The molecule has 1 aliphatic heterocycles. The van der Waals surface area contributed by atoms with Crippen molar-refractivity contribution in [2.75, 3.05) is 23.3 Å². The summed E-state index contributed by atoms with van der Waals surface area (Å²) in [5.74, 6) is -2.72. The van der Waals surface area contributed by atoms with Gasteiger partial charge in [-0.15, -0.1) is 0 Å². The molecule has 0 atom stereocenters. The van der Waals surface area contributed by atoms with Crippen molar-refractivity contribution in [1.82, 2.24) is 39.0 Å². The molecule has 7 rings (SSSR count). The van der Waals surface area contributed by atoms with Crippen LogP contribution in [0.3, 0.4) is 0 Å². The summed E-state index contributed by atoms with van der Waals surface area (Å²) in [6.45, 7) is 3.86. The maximum absolute atomic E-state index is 13.5. The number of H-pyrrole nitrogens is 1. The summed E-state index contributed by atoms with van der Waals surface area (Å²) in [4.78, 5) is 60.0. The van der Waals surface area contributed by atoms with Crippen LogP contribution in [0.4, 0.5) is 24.7 Å². The SMILES string of the molecule is Cc1cn2cc(NC(=O)c3ccc(N4CCC(NC5CC5)CC4)c4cn(C)nc34)nc2c(Cn2ccc(=O)[nH]c2=O)n1.O=C(O)C(F)(F)F. The van der Waals surface area contributed by atoms with E-state index in [1.54, 1.807) is 21.5 Å². The number of imidazole rings is 1. The number of aromatic nitrogens is 7. The molecule has 1 aliphatic carbocycles. The van der Waals surface area contributed by atoms with Crippen LogP contribution in [-0.2, 0) is 18.4 Å². The molecule has 18 heteroatoms. The maximum Gasteiger partial charge on any atom is 0.490 e. The fourth-order valence-electron chi connectivity index (χ4n) is 5.81. The number of benzene rings is 1. The van der Waals surface area contributed by atoms with Crippen LogP contribution >= 0.6 is 0 Å². The number of carboxylic acids is 1. The van der Waals surface area contributed by atoms with E-state index < -0.39 is 23.4 Å². The second-order valence-electron chi connectivity index (χ2n) is 12.1. The predicted octanol–water partition coefficient (Wildman–Crippen LogP) is 2.43. The third-order valence-corrected chi connectivity index (χ3v) is 8.23. The number of aryl methyl sites for hydroxylation is 2. The van der Waals surface area contributed by atoms with Crippen LogP contribution in [0.1, 0.15) is 47.4 Å². The third-order valence-electron chi connectivity index (χ3n) is 8.23. The average molecular weight is 683 g/mol. The average Bonchev–Trinajstić information content (AvgIpc) is 3.61. The van der Waals surface area contributed by atoms with Gasteiger partial charge >= 0.3 is 17.8 Å². The van der Waals surface area contributed by atoms with E-state index in [0.717, 1.165) is 37.0 Å². The zero-order chi connectivity index (χ0) is 35.0. The fourth-order valence-corrected chi connectivity index (χ4v) is 5.81. The van der Waals surface area contributed by atoms with Gasteiger partial charge in [-0.05, 0) is 44.7 Å². The number of hydrogen-bond acceptors (Lipinski definition) is 9. The molecular formula is C31H33F3N10O5. The van der Waals surface area contributed by atoms with Gasteiger partial charge in [-0.1, -0.05) is 0 Å². The summed E-state index contributed by atoms with van der Waals surface area (Å²) in [5.41, 5.74) is 2.93. The van der Waals surface area contributed by atoms with Crippen molar-refractivity contribution in [2.24, 2.45) is 7.05 Å². The molecule has 0 spiro atoms. The standard InChI is InChI=1S/C29H32N10O3.C2HF3O2/c1-17-13-39-16-24(32-27(39)22(30-17)15-38-12-9-25(40)34-29(38)42)33-28(41)20-5-6-23(21-14-36(2)35-26(20)21)37-10-7-19(8-11-37)31-18-3-4-18;3-2(4,5)1(6)7/h5-6,9,12-14,16,18-19,31H,3-4,7-8,10-11,15H2,1-2H3,(H,33,41)(H,34,40,42);(H,6,7). The highest BCUT2D eigenvalue weighted by Crippen LogP contribution is 2.32. The highest BCUT2D eigenvalue weighted by Gasteiger charge is 2.38. The number of nitrogens with one attached hydrogen (secondary N) is 3. The molecule has 2 aliphatic rings. The van der Waals surface area contributed by atoms with E-state index in [1.807, 2.05) is 32.3 Å². The molecule has 4 aromatic heterocycles. The van der Waals surface area contributed by atoms with E-state index >= 15 is 0 Å². The maximum atomic E-state index is 13.5. The molecule has 1 aromatic carbocycles. The number of anilines is 2. The Labute approximate surface area is 275 Å². The molecule has 1 saturated carbocycles. The van der Waals surface area contributed by atoms with Crippen LogP contribution in [0.25, 0.3) is 16.6 Å². The molecule has 0 unspecified atom stereocenters. The Morgan fingerprint density at radius 3 is 2.37 bits per heavy atom. The Hall–Kier alpha value is -5.52. The lowest BCUT2D eigenvalue weighted by atomic mass is 10.0. The first-order valence-electron chi connectivity index (χ1n) is 15.5. The minimum absolute atomic E-state index is 0.106. The van der Waals surface area contributed by atoms with Crippen LogP contribution in [0, 0.1) is 6.92 Å². The summed E-state index contributed by atoms with van der Waals surface area (Å²) in [5, 5.41) is 19.4. The number of carbonyl (C=O) groups is 2. The minimum atomic E-state index is -5.08. The first-order valence-corrected chi connectivity index (χ1v) is 15.5. The van der Waals surface area contributed by atoms with E-state index in [-0.39, 0.29) is 12.5 Å². The molecule has 5 heterocycles. The van der Waals surface area contributed by atoms with Gasteiger partial charge in [-0.3, -0.25) is 28.8 Å². The van der Waals surface area contributed by atoms with Gasteiger partial charge in [0.15, 0.2) is 11.5 Å². The largest absolute Gasteiger partial charge is 0.490 e. The molecule has 258 valence electrons. The van der Waals surface area contributed by atoms with Crippen LogP contribution in [0.5, 0.6) is 0 Å². The number of amides is 1. The molecule has 4 N–H and O–H groups in total. The number of hydrogen-bond donors (Lipinski definition) is 4. The minimum Gasteiger partial charge on any atom is -0.475 e. The number of carboxylic acid groups (broad SMARTS) is 1.